The number of sulfonamides is 1. The minimum absolute atomic E-state index is 0.287. The van der Waals surface area contributed by atoms with Crippen molar-refractivity contribution >= 4 is 16.1 Å². The summed E-state index contributed by atoms with van der Waals surface area (Å²) in [6.07, 6.45) is -1.95. The molecular formula is C7H7NO5S. The second-order valence-electron chi connectivity index (χ2n) is 2.34. The largest absolute Gasteiger partial charge is 0.463 e. The van der Waals surface area contributed by atoms with E-state index in [1.165, 1.54) is 24.3 Å². The summed E-state index contributed by atoms with van der Waals surface area (Å²) in [6.45, 7) is 0. The maximum atomic E-state index is 11.3. The van der Waals surface area contributed by atoms with Crippen molar-refractivity contribution < 1.29 is 23.5 Å². The summed E-state index contributed by atoms with van der Waals surface area (Å²) < 4.78 is 21.8. The summed E-state index contributed by atoms with van der Waals surface area (Å²) in [5, 5.41) is 17.0. The molecule has 0 bridgehead atoms. The number of benzene rings is 1. The van der Waals surface area contributed by atoms with Crippen LogP contribution in [0, 0.1) is 0 Å². The molecule has 0 atom stereocenters. The number of carbonyl (C=O) groups is 1. The van der Waals surface area contributed by atoms with Gasteiger partial charge in [-0.2, -0.15) is 8.42 Å². The standard InChI is InChI=1S/C7H7NO5S/c9-7(10)8(11)14(12,13)6-4-2-1-3-5-6/h1-5,11H,(H,9,10). The Kier molecular flexibility index (Phi) is 2.73. The van der Waals surface area contributed by atoms with E-state index in [2.05, 4.69) is 0 Å². The first kappa shape index (κ1) is 10.5. The van der Waals surface area contributed by atoms with Gasteiger partial charge in [-0.3, -0.25) is 5.21 Å². The van der Waals surface area contributed by atoms with E-state index in [-0.39, 0.29) is 4.90 Å². The zero-order chi connectivity index (χ0) is 10.8. The van der Waals surface area contributed by atoms with Gasteiger partial charge in [0.1, 0.15) is 0 Å². The van der Waals surface area contributed by atoms with E-state index in [0.717, 1.165) is 0 Å². The number of amides is 1. The van der Waals surface area contributed by atoms with Crippen molar-refractivity contribution in [3.63, 3.8) is 0 Å². The molecule has 0 saturated heterocycles. The molecule has 0 saturated carbocycles. The zero-order valence-corrected chi connectivity index (χ0v) is 7.68. The molecule has 0 aromatic heterocycles. The molecule has 1 aromatic carbocycles. The molecule has 0 unspecified atom stereocenters. The molecule has 1 aromatic rings. The van der Waals surface area contributed by atoms with Crippen LogP contribution in [-0.4, -0.2) is 29.3 Å². The molecule has 0 heterocycles. The zero-order valence-electron chi connectivity index (χ0n) is 6.86. The fourth-order valence-electron chi connectivity index (χ4n) is 0.795. The average Bonchev–Trinajstić information content (AvgIpc) is 2.18. The molecule has 14 heavy (non-hydrogen) atoms. The van der Waals surface area contributed by atoms with Crippen molar-refractivity contribution in [1.82, 2.24) is 4.47 Å². The third-order valence-corrected chi connectivity index (χ3v) is 2.91. The molecule has 7 heteroatoms. The van der Waals surface area contributed by atoms with Crippen LogP contribution >= 0.6 is 0 Å². The first-order chi connectivity index (χ1) is 6.46. The van der Waals surface area contributed by atoms with Gasteiger partial charge in [0.15, 0.2) is 0 Å². The predicted octanol–water partition coefficient (Wildman–Crippen LogP) is 0.745. The highest BCUT2D eigenvalue weighted by atomic mass is 32.2. The van der Waals surface area contributed by atoms with Crippen molar-refractivity contribution in [1.29, 1.82) is 0 Å². The van der Waals surface area contributed by atoms with Gasteiger partial charge in [0.2, 0.25) is 0 Å². The van der Waals surface area contributed by atoms with Crippen LogP contribution < -0.4 is 0 Å². The number of hydroxylamine groups is 1. The third-order valence-electron chi connectivity index (χ3n) is 1.43. The van der Waals surface area contributed by atoms with Gasteiger partial charge >= 0.3 is 6.09 Å². The first-order valence-electron chi connectivity index (χ1n) is 3.48. The van der Waals surface area contributed by atoms with Gasteiger partial charge < -0.3 is 5.11 Å². The van der Waals surface area contributed by atoms with E-state index in [1.807, 2.05) is 0 Å². The second kappa shape index (κ2) is 3.64. The van der Waals surface area contributed by atoms with Crippen molar-refractivity contribution in [2.75, 3.05) is 0 Å². The molecule has 0 aliphatic heterocycles. The minimum Gasteiger partial charge on any atom is -0.463 e. The Bertz CT molecular complexity index is 427. The van der Waals surface area contributed by atoms with Crippen molar-refractivity contribution in [3.05, 3.63) is 30.3 Å². The summed E-state index contributed by atoms with van der Waals surface area (Å²) >= 11 is 0. The highest BCUT2D eigenvalue weighted by molar-refractivity contribution is 7.89. The summed E-state index contributed by atoms with van der Waals surface area (Å²) in [5.41, 5.74) is 0. The smallest absolute Gasteiger partial charge is 0.446 e. The van der Waals surface area contributed by atoms with Gasteiger partial charge in [-0.15, -0.1) is 0 Å². The van der Waals surface area contributed by atoms with E-state index in [4.69, 9.17) is 10.3 Å². The number of hydrogen-bond acceptors (Lipinski definition) is 4. The SMILES string of the molecule is O=C(O)N(O)S(=O)(=O)c1ccccc1. The fraction of sp³-hybridized carbons (Fsp3) is 0. The van der Waals surface area contributed by atoms with Gasteiger partial charge in [0.05, 0.1) is 4.90 Å². The van der Waals surface area contributed by atoms with Gasteiger partial charge in [0.25, 0.3) is 10.0 Å². The molecule has 0 aliphatic carbocycles. The van der Waals surface area contributed by atoms with Crippen LogP contribution in [0.15, 0.2) is 35.2 Å². The van der Waals surface area contributed by atoms with Crippen molar-refractivity contribution in [2.45, 2.75) is 4.90 Å². The molecule has 0 radical (unpaired) electrons. The summed E-state index contributed by atoms with van der Waals surface area (Å²) in [7, 11) is -4.35. The van der Waals surface area contributed by atoms with Gasteiger partial charge in [-0.1, -0.05) is 22.7 Å². The third kappa shape index (κ3) is 1.83. The summed E-state index contributed by atoms with van der Waals surface area (Å²) in [5.74, 6) is 0. The highest BCUT2D eigenvalue weighted by Crippen LogP contribution is 2.12. The first-order valence-corrected chi connectivity index (χ1v) is 4.92. The molecule has 6 nitrogen and oxygen atoms in total. The van der Waals surface area contributed by atoms with E-state index in [0.29, 0.717) is 0 Å². The van der Waals surface area contributed by atoms with E-state index in [9.17, 15) is 13.2 Å². The van der Waals surface area contributed by atoms with Gasteiger partial charge in [0, 0.05) is 0 Å². The number of hydrogen-bond donors (Lipinski definition) is 2. The molecule has 0 spiro atoms. The lowest BCUT2D eigenvalue weighted by Gasteiger charge is -2.10. The van der Waals surface area contributed by atoms with Crippen LogP contribution in [-0.2, 0) is 10.0 Å². The Hall–Kier alpha value is -1.60. The number of nitrogens with zero attached hydrogens (tertiary/aromatic N) is 1. The molecule has 1 amide bonds. The quantitative estimate of drug-likeness (QED) is 0.562. The maximum Gasteiger partial charge on any atom is 0.446 e. The fourth-order valence-corrected chi connectivity index (χ4v) is 1.70. The van der Waals surface area contributed by atoms with Crippen LogP contribution in [0.25, 0.3) is 0 Å². The average molecular weight is 217 g/mol. The van der Waals surface area contributed by atoms with Crippen LogP contribution in [0.4, 0.5) is 4.79 Å². The van der Waals surface area contributed by atoms with Gasteiger partial charge in [-0.05, 0) is 12.1 Å². The second-order valence-corrected chi connectivity index (χ2v) is 4.11. The Morgan fingerprint density at radius 1 is 1.21 bits per heavy atom. The van der Waals surface area contributed by atoms with E-state index in [1.54, 1.807) is 6.07 Å². The minimum atomic E-state index is -4.35. The van der Waals surface area contributed by atoms with E-state index < -0.39 is 20.6 Å². The molecule has 0 fully saturated rings. The lowest BCUT2D eigenvalue weighted by Crippen LogP contribution is -2.32. The Morgan fingerprint density at radius 3 is 2.14 bits per heavy atom. The number of carboxylic acid groups (broad SMARTS) is 1. The monoisotopic (exact) mass is 217 g/mol. The lowest BCUT2D eigenvalue weighted by atomic mass is 10.4. The molecule has 1 rings (SSSR count). The Balaban J connectivity index is 3.16. The molecule has 0 aliphatic rings. The Labute approximate surface area is 80.0 Å². The van der Waals surface area contributed by atoms with Crippen LogP contribution in [0.5, 0.6) is 0 Å². The van der Waals surface area contributed by atoms with Crippen LogP contribution in [0.1, 0.15) is 0 Å². The van der Waals surface area contributed by atoms with Crippen molar-refractivity contribution in [3.8, 4) is 0 Å². The van der Waals surface area contributed by atoms with Crippen LogP contribution in [0.3, 0.4) is 0 Å². The maximum absolute atomic E-state index is 11.3. The van der Waals surface area contributed by atoms with Gasteiger partial charge in [-0.25, -0.2) is 4.79 Å². The highest BCUT2D eigenvalue weighted by Gasteiger charge is 2.27. The summed E-state index contributed by atoms with van der Waals surface area (Å²) in [6, 6.07) is 6.77. The normalized spacial score (nSPS) is 10.9. The predicted molar refractivity (Wildman–Crippen MR) is 45.3 cm³/mol. The number of rotatable bonds is 2. The Morgan fingerprint density at radius 2 is 1.71 bits per heavy atom. The van der Waals surface area contributed by atoms with E-state index >= 15 is 0 Å². The molecule has 2 N–H and O–H groups in total. The topological polar surface area (TPSA) is 94.9 Å². The lowest BCUT2D eigenvalue weighted by molar-refractivity contribution is 0.0142. The summed E-state index contributed by atoms with van der Waals surface area (Å²) in [4.78, 5) is 9.93. The van der Waals surface area contributed by atoms with Crippen LogP contribution in [0.2, 0.25) is 0 Å². The van der Waals surface area contributed by atoms with Crippen molar-refractivity contribution in [2.24, 2.45) is 0 Å². The molecule has 76 valence electrons. The molecular weight excluding hydrogens is 210 g/mol.